The number of hydrogen-bond donors (Lipinski definition) is 3. The number of aliphatic hydroxyl groups is 1. The summed E-state index contributed by atoms with van der Waals surface area (Å²) in [6.07, 6.45) is 4.76. The molecule has 5 amide bonds. The number of urea groups is 2. The van der Waals surface area contributed by atoms with Crippen LogP contribution in [-0.2, 0) is 9.53 Å². The number of hydrogen-bond acceptors (Lipinski definition) is 5. The Labute approximate surface area is 206 Å². The summed E-state index contributed by atoms with van der Waals surface area (Å²) < 4.78 is 5.70. The summed E-state index contributed by atoms with van der Waals surface area (Å²) in [5.74, 6) is -0.266. The van der Waals surface area contributed by atoms with E-state index < -0.39 is 19.0 Å². The van der Waals surface area contributed by atoms with Crippen LogP contribution in [-0.4, -0.2) is 85.6 Å². The molecule has 1 heterocycles. The van der Waals surface area contributed by atoms with Crippen LogP contribution in [0.2, 0.25) is 25.7 Å². The molecule has 0 radical (unpaired) electrons. The fraction of sp³-hybridized carbons (Fsp3) is 0.875. The average Bonchev–Trinajstić information content (AvgIpc) is 2.92. The van der Waals surface area contributed by atoms with Crippen LogP contribution in [0.25, 0.3) is 0 Å². The fourth-order valence-corrected chi connectivity index (χ4v) is 5.28. The van der Waals surface area contributed by atoms with Gasteiger partial charge in [-0.15, -0.1) is 0 Å². The van der Waals surface area contributed by atoms with Crippen LogP contribution in [0, 0.1) is 5.41 Å². The Kier molecular flexibility index (Phi) is 9.97. The molecule has 1 aliphatic carbocycles. The summed E-state index contributed by atoms with van der Waals surface area (Å²) >= 11 is 0. The quantitative estimate of drug-likeness (QED) is 0.217. The first-order chi connectivity index (χ1) is 15.8. The van der Waals surface area contributed by atoms with E-state index in [-0.39, 0.29) is 37.3 Å². The van der Waals surface area contributed by atoms with E-state index in [9.17, 15) is 19.5 Å². The van der Waals surface area contributed by atoms with Gasteiger partial charge >= 0.3 is 12.1 Å². The van der Waals surface area contributed by atoms with Gasteiger partial charge in [0.2, 0.25) is 0 Å². The lowest BCUT2D eigenvalue weighted by molar-refractivity contribution is -0.135. The van der Waals surface area contributed by atoms with Crippen LogP contribution in [0.1, 0.15) is 59.3 Å². The Hall–Kier alpha value is -1.65. The van der Waals surface area contributed by atoms with Gasteiger partial charge in [-0.1, -0.05) is 33.0 Å². The maximum atomic E-state index is 13.2. The SMILES string of the molecule is CCCCNC(=O)NC1CCC(CO)(CN2C(=O)N(COCC[Si](C)(C)C)C(=O)C2(C)C)CC1. The molecule has 2 fully saturated rings. The molecule has 3 N–H and O–H groups in total. The highest BCUT2D eigenvalue weighted by Crippen LogP contribution is 2.40. The Bertz CT molecular complexity index is 717. The molecule has 0 bridgehead atoms. The number of unbranched alkanes of at least 4 members (excludes halogenated alkanes) is 1. The molecule has 1 saturated carbocycles. The molecule has 9 nitrogen and oxygen atoms in total. The minimum atomic E-state index is -1.26. The molecule has 0 aromatic rings. The van der Waals surface area contributed by atoms with E-state index in [1.165, 1.54) is 4.90 Å². The third-order valence-electron chi connectivity index (χ3n) is 7.15. The number of rotatable bonds is 12. The molecular formula is C24H46N4O5Si. The zero-order valence-corrected chi connectivity index (χ0v) is 23.0. The summed E-state index contributed by atoms with van der Waals surface area (Å²) in [5.41, 5.74) is -1.48. The lowest BCUT2D eigenvalue weighted by Gasteiger charge is -2.43. The van der Waals surface area contributed by atoms with Crippen molar-refractivity contribution in [1.82, 2.24) is 20.4 Å². The van der Waals surface area contributed by atoms with Crippen LogP contribution >= 0.6 is 0 Å². The first kappa shape index (κ1) is 28.6. The lowest BCUT2D eigenvalue weighted by Crippen LogP contribution is -2.53. The van der Waals surface area contributed by atoms with Gasteiger partial charge in [0.15, 0.2) is 0 Å². The third-order valence-corrected chi connectivity index (χ3v) is 8.85. The number of aliphatic hydroxyl groups excluding tert-OH is 1. The van der Waals surface area contributed by atoms with E-state index >= 15 is 0 Å². The topological polar surface area (TPSA) is 111 Å². The third kappa shape index (κ3) is 7.42. The molecule has 2 rings (SSSR count). The molecule has 10 heteroatoms. The predicted octanol–water partition coefficient (Wildman–Crippen LogP) is 3.36. The molecule has 0 atom stereocenters. The van der Waals surface area contributed by atoms with Gasteiger partial charge in [-0.2, -0.15) is 0 Å². The second-order valence-corrected chi connectivity index (χ2v) is 17.3. The van der Waals surface area contributed by atoms with Gasteiger partial charge < -0.3 is 25.4 Å². The van der Waals surface area contributed by atoms with Crippen molar-refractivity contribution in [3.05, 3.63) is 0 Å². The highest BCUT2D eigenvalue weighted by atomic mass is 28.3. The van der Waals surface area contributed by atoms with Crippen molar-refractivity contribution < 1.29 is 24.2 Å². The standard InChI is InChI=1S/C24H46N4O5Si/c1-7-8-13-25-21(31)26-19-9-11-24(17-29,12-10-19)16-28-22(32)27(20(30)23(28,2)3)18-33-14-15-34(4,5)6/h19,29H,7-18H2,1-6H3,(H2,25,26,31). The number of carbonyl (C=O) groups is 3. The molecule has 1 aliphatic heterocycles. The Morgan fingerprint density at radius 2 is 1.85 bits per heavy atom. The molecular weight excluding hydrogens is 452 g/mol. The van der Waals surface area contributed by atoms with Gasteiger partial charge in [0.1, 0.15) is 12.3 Å². The lowest BCUT2D eigenvalue weighted by atomic mass is 9.72. The minimum Gasteiger partial charge on any atom is -0.396 e. The molecule has 0 spiro atoms. The largest absolute Gasteiger partial charge is 0.396 e. The summed E-state index contributed by atoms with van der Waals surface area (Å²) in [6, 6.07) is 0.504. The number of nitrogens with one attached hydrogen (secondary N) is 2. The second-order valence-electron chi connectivity index (χ2n) is 11.7. The predicted molar refractivity (Wildman–Crippen MR) is 135 cm³/mol. The summed E-state index contributed by atoms with van der Waals surface area (Å²) in [4.78, 5) is 41.1. The first-order valence-corrected chi connectivity index (χ1v) is 16.4. The van der Waals surface area contributed by atoms with Crippen LogP contribution in [0.5, 0.6) is 0 Å². The Morgan fingerprint density at radius 1 is 1.21 bits per heavy atom. The van der Waals surface area contributed by atoms with Gasteiger partial charge in [0, 0.05) is 39.2 Å². The monoisotopic (exact) mass is 498 g/mol. The normalized spacial score (nSPS) is 25.1. The van der Waals surface area contributed by atoms with Crippen molar-refractivity contribution in [3.63, 3.8) is 0 Å². The highest BCUT2D eigenvalue weighted by molar-refractivity contribution is 6.76. The average molecular weight is 499 g/mol. The van der Waals surface area contributed by atoms with Crippen LogP contribution < -0.4 is 10.6 Å². The first-order valence-electron chi connectivity index (χ1n) is 12.7. The molecule has 34 heavy (non-hydrogen) atoms. The van der Waals surface area contributed by atoms with E-state index in [2.05, 4.69) is 37.2 Å². The molecule has 1 saturated heterocycles. The van der Waals surface area contributed by atoms with Crippen molar-refractivity contribution in [2.24, 2.45) is 5.41 Å². The molecule has 0 unspecified atom stereocenters. The van der Waals surface area contributed by atoms with Gasteiger partial charge in [-0.05, 0) is 52.0 Å². The maximum absolute atomic E-state index is 13.2. The van der Waals surface area contributed by atoms with Crippen LogP contribution in [0.4, 0.5) is 9.59 Å². The number of imide groups is 1. The molecule has 196 valence electrons. The Balaban J connectivity index is 1.94. The van der Waals surface area contributed by atoms with E-state index in [0.717, 1.165) is 31.7 Å². The van der Waals surface area contributed by atoms with E-state index in [4.69, 9.17) is 4.74 Å². The molecule has 0 aromatic heterocycles. The van der Waals surface area contributed by atoms with Gasteiger partial charge in [-0.3, -0.25) is 4.79 Å². The van der Waals surface area contributed by atoms with Crippen molar-refractivity contribution in [3.8, 4) is 0 Å². The van der Waals surface area contributed by atoms with Crippen molar-refractivity contribution in [2.45, 2.75) is 96.6 Å². The minimum absolute atomic E-state index is 0.0344. The summed E-state index contributed by atoms with van der Waals surface area (Å²) in [5, 5.41) is 16.2. The van der Waals surface area contributed by atoms with Gasteiger partial charge in [0.05, 0.1) is 6.61 Å². The summed E-state index contributed by atoms with van der Waals surface area (Å²) in [7, 11) is -1.26. The van der Waals surface area contributed by atoms with Crippen LogP contribution in [0.15, 0.2) is 0 Å². The maximum Gasteiger partial charge on any atom is 0.329 e. The zero-order chi connectivity index (χ0) is 25.6. The highest BCUT2D eigenvalue weighted by Gasteiger charge is 2.53. The molecule has 2 aliphatic rings. The van der Waals surface area contributed by atoms with Crippen molar-refractivity contribution >= 4 is 26.0 Å². The number of nitrogens with zero attached hydrogens (tertiary/aromatic N) is 2. The smallest absolute Gasteiger partial charge is 0.329 e. The van der Waals surface area contributed by atoms with Gasteiger partial charge in [0.25, 0.3) is 5.91 Å². The van der Waals surface area contributed by atoms with Gasteiger partial charge in [-0.25, -0.2) is 14.5 Å². The van der Waals surface area contributed by atoms with E-state index in [0.29, 0.717) is 32.5 Å². The summed E-state index contributed by atoms with van der Waals surface area (Å²) in [6.45, 7) is 13.8. The molecule has 0 aromatic carbocycles. The Morgan fingerprint density at radius 3 is 2.41 bits per heavy atom. The fourth-order valence-electron chi connectivity index (χ4n) is 4.52. The van der Waals surface area contributed by atoms with E-state index in [1.807, 2.05) is 0 Å². The number of ether oxygens (including phenoxy) is 1. The van der Waals surface area contributed by atoms with E-state index in [1.54, 1.807) is 18.7 Å². The van der Waals surface area contributed by atoms with Crippen LogP contribution in [0.3, 0.4) is 0 Å². The van der Waals surface area contributed by atoms with Crippen molar-refractivity contribution in [1.29, 1.82) is 0 Å². The van der Waals surface area contributed by atoms with Crippen molar-refractivity contribution in [2.75, 3.05) is 33.0 Å². The number of amides is 5. The number of carbonyl (C=O) groups excluding carboxylic acids is 3. The zero-order valence-electron chi connectivity index (χ0n) is 22.0. The second kappa shape index (κ2) is 11.9.